The molecular formula is C10H14ClNO4S3. The molecule has 0 unspecified atom stereocenters. The maximum absolute atomic E-state index is 12.0. The first-order valence-electron chi connectivity index (χ1n) is 5.28. The summed E-state index contributed by atoms with van der Waals surface area (Å²) < 4.78 is 26.7. The highest BCUT2D eigenvalue weighted by molar-refractivity contribution is 7.98. The highest BCUT2D eigenvalue weighted by Crippen LogP contribution is 2.30. The van der Waals surface area contributed by atoms with Gasteiger partial charge >= 0.3 is 5.97 Å². The third-order valence-corrected chi connectivity index (χ3v) is 6.45. The molecule has 5 nitrogen and oxygen atoms in total. The third kappa shape index (κ3) is 4.64. The van der Waals surface area contributed by atoms with Crippen molar-refractivity contribution in [1.82, 2.24) is 4.72 Å². The number of aryl methyl sites for hydroxylation is 1. The molecule has 1 rings (SSSR count). The van der Waals surface area contributed by atoms with Crippen LogP contribution >= 0.6 is 34.7 Å². The Kier molecular flexibility index (Phi) is 6.13. The molecule has 0 amide bonds. The van der Waals surface area contributed by atoms with Crippen LogP contribution in [0.2, 0.25) is 4.34 Å². The third-order valence-electron chi connectivity index (χ3n) is 2.31. The van der Waals surface area contributed by atoms with Gasteiger partial charge in [-0.05, 0) is 37.0 Å². The summed E-state index contributed by atoms with van der Waals surface area (Å²) >= 11 is 8.20. The van der Waals surface area contributed by atoms with Crippen LogP contribution in [0.5, 0.6) is 0 Å². The first-order valence-corrected chi connectivity index (χ1v) is 9.35. The van der Waals surface area contributed by atoms with Crippen molar-refractivity contribution in [3.8, 4) is 0 Å². The van der Waals surface area contributed by atoms with Crippen LogP contribution in [0.25, 0.3) is 0 Å². The van der Waals surface area contributed by atoms with Gasteiger partial charge < -0.3 is 5.11 Å². The molecular weight excluding hydrogens is 330 g/mol. The number of nitrogens with one attached hydrogen (secondary N) is 1. The van der Waals surface area contributed by atoms with E-state index >= 15 is 0 Å². The zero-order valence-corrected chi connectivity index (χ0v) is 13.5. The van der Waals surface area contributed by atoms with E-state index in [-0.39, 0.29) is 10.6 Å². The van der Waals surface area contributed by atoms with E-state index in [4.69, 9.17) is 16.7 Å². The van der Waals surface area contributed by atoms with Crippen molar-refractivity contribution in [2.24, 2.45) is 0 Å². The summed E-state index contributed by atoms with van der Waals surface area (Å²) in [6, 6.07) is 0.307. The van der Waals surface area contributed by atoms with Gasteiger partial charge in [-0.3, -0.25) is 4.79 Å². The average Bonchev–Trinajstić information content (AvgIpc) is 2.65. The van der Waals surface area contributed by atoms with Gasteiger partial charge in [0.25, 0.3) is 10.0 Å². The number of carbonyl (C=O) groups is 1. The Morgan fingerprint density at radius 2 is 2.26 bits per heavy atom. The second-order valence-corrected chi connectivity index (χ2v) is 8.40. The van der Waals surface area contributed by atoms with Gasteiger partial charge in [0.1, 0.15) is 10.3 Å². The molecule has 0 radical (unpaired) electrons. The molecule has 1 heterocycles. The molecule has 0 bridgehead atoms. The molecule has 0 aliphatic carbocycles. The summed E-state index contributed by atoms with van der Waals surface area (Å²) in [7, 11) is -3.84. The van der Waals surface area contributed by atoms with Crippen molar-refractivity contribution in [1.29, 1.82) is 0 Å². The van der Waals surface area contributed by atoms with Crippen LogP contribution in [0.15, 0.2) is 10.3 Å². The minimum absolute atomic E-state index is 0.0328. The van der Waals surface area contributed by atoms with E-state index in [9.17, 15) is 13.2 Å². The minimum atomic E-state index is -3.84. The lowest BCUT2D eigenvalue weighted by Crippen LogP contribution is -2.40. The van der Waals surface area contributed by atoms with Gasteiger partial charge in [-0.15, -0.1) is 11.3 Å². The monoisotopic (exact) mass is 343 g/mol. The lowest BCUT2D eigenvalue weighted by molar-refractivity contribution is -0.139. The number of hydrogen-bond donors (Lipinski definition) is 2. The molecule has 0 fully saturated rings. The fourth-order valence-electron chi connectivity index (χ4n) is 1.28. The molecule has 0 aromatic carbocycles. The lowest BCUT2D eigenvalue weighted by atomic mass is 10.2. The van der Waals surface area contributed by atoms with E-state index in [0.29, 0.717) is 15.7 Å². The minimum Gasteiger partial charge on any atom is -0.480 e. The largest absolute Gasteiger partial charge is 0.480 e. The lowest BCUT2D eigenvalue weighted by Gasteiger charge is -2.13. The number of carboxylic acids is 1. The standard InChI is InChI=1S/C10H14ClNO4S3/c1-6-5-8(18-9(6)11)19(15,16)12-7(10(13)14)3-4-17-2/h5,7,12H,3-4H2,1-2H3,(H,13,14)/t7-/m1/s1. The molecule has 1 aromatic heterocycles. The number of thiophene rings is 1. The van der Waals surface area contributed by atoms with Gasteiger partial charge in [0.05, 0.1) is 4.34 Å². The first kappa shape index (κ1) is 16.8. The van der Waals surface area contributed by atoms with Gasteiger partial charge in [0.2, 0.25) is 0 Å². The van der Waals surface area contributed by atoms with Crippen LogP contribution in [-0.2, 0) is 14.8 Å². The van der Waals surface area contributed by atoms with Crippen molar-refractivity contribution in [2.45, 2.75) is 23.6 Å². The summed E-state index contributed by atoms with van der Waals surface area (Å²) in [6.07, 6.45) is 2.06. The van der Waals surface area contributed by atoms with E-state index in [1.807, 2.05) is 6.26 Å². The zero-order valence-electron chi connectivity index (χ0n) is 10.3. The highest BCUT2D eigenvalue weighted by atomic mass is 35.5. The van der Waals surface area contributed by atoms with E-state index in [1.54, 1.807) is 6.92 Å². The van der Waals surface area contributed by atoms with Crippen molar-refractivity contribution in [2.75, 3.05) is 12.0 Å². The van der Waals surface area contributed by atoms with Gasteiger partial charge in [0, 0.05) is 0 Å². The quantitative estimate of drug-likeness (QED) is 0.793. The van der Waals surface area contributed by atoms with Crippen LogP contribution in [0.4, 0.5) is 0 Å². The van der Waals surface area contributed by atoms with Crippen LogP contribution in [-0.4, -0.2) is 37.5 Å². The number of sulfonamides is 1. The average molecular weight is 344 g/mol. The maximum atomic E-state index is 12.0. The number of aliphatic carboxylic acids is 1. The van der Waals surface area contributed by atoms with Gasteiger partial charge in [0.15, 0.2) is 0 Å². The first-order chi connectivity index (χ1) is 8.77. The van der Waals surface area contributed by atoms with Crippen LogP contribution < -0.4 is 4.72 Å². The number of thioether (sulfide) groups is 1. The van der Waals surface area contributed by atoms with Crippen molar-refractivity contribution >= 4 is 50.7 Å². The molecule has 108 valence electrons. The molecule has 0 saturated carbocycles. The predicted molar refractivity (Wildman–Crippen MR) is 78.8 cm³/mol. The summed E-state index contributed by atoms with van der Waals surface area (Å²) in [5, 5.41) is 9.01. The molecule has 2 N–H and O–H groups in total. The van der Waals surface area contributed by atoms with Crippen LogP contribution in [0.3, 0.4) is 0 Å². The number of rotatable bonds is 7. The normalized spacial score (nSPS) is 13.4. The molecule has 19 heavy (non-hydrogen) atoms. The van der Waals surface area contributed by atoms with Crippen molar-refractivity contribution < 1.29 is 18.3 Å². The summed E-state index contributed by atoms with van der Waals surface area (Å²) in [5.74, 6) is -0.624. The topological polar surface area (TPSA) is 83.5 Å². The Labute approximate surface area is 125 Å². The molecule has 1 aromatic rings. The van der Waals surface area contributed by atoms with Gasteiger partial charge in [-0.1, -0.05) is 11.6 Å². The van der Waals surface area contributed by atoms with E-state index in [1.165, 1.54) is 17.8 Å². The Hall–Kier alpha value is -0.280. The Morgan fingerprint density at radius 1 is 1.63 bits per heavy atom. The molecule has 0 saturated heterocycles. The Balaban J connectivity index is 2.90. The Morgan fingerprint density at radius 3 is 2.68 bits per heavy atom. The van der Waals surface area contributed by atoms with Gasteiger partial charge in [-0.25, -0.2) is 8.42 Å². The predicted octanol–water partition coefficient (Wildman–Crippen LogP) is 2.19. The van der Waals surface area contributed by atoms with Crippen molar-refractivity contribution in [3.63, 3.8) is 0 Å². The van der Waals surface area contributed by atoms with E-state index < -0.39 is 22.0 Å². The second-order valence-electron chi connectivity index (χ2n) is 3.82. The Bertz CT molecular complexity index is 536. The second kappa shape index (κ2) is 6.94. The zero-order chi connectivity index (χ0) is 14.6. The van der Waals surface area contributed by atoms with E-state index in [2.05, 4.69) is 4.72 Å². The summed E-state index contributed by atoms with van der Waals surface area (Å²) in [5.41, 5.74) is 0.656. The number of carboxylic acid groups (broad SMARTS) is 1. The van der Waals surface area contributed by atoms with Crippen LogP contribution in [0.1, 0.15) is 12.0 Å². The van der Waals surface area contributed by atoms with Gasteiger partial charge in [-0.2, -0.15) is 16.5 Å². The maximum Gasteiger partial charge on any atom is 0.321 e. The molecule has 1 atom stereocenters. The number of halogens is 1. The summed E-state index contributed by atoms with van der Waals surface area (Å²) in [4.78, 5) is 11.0. The molecule has 9 heteroatoms. The number of hydrogen-bond acceptors (Lipinski definition) is 5. The fourth-order valence-corrected chi connectivity index (χ4v) is 4.70. The summed E-state index contributed by atoms with van der Waals surface area (Å²) in [6.45, 7) is 1.69. The van der Waals surface area contributed by atoms with Crippen molar-refractivity contribution in [3.05, 3.63) is 16.0 Å². The molecule has 0 aliphatic heterocycles. The molecule has 0 aliphatic rings. The highest BCUT2D eigenvalue weighted by Gasteiger charge is 2.26. The van der Waals surface area contributed by atoms with E-state index in [0.717, 1.165) is 11.3 Å². The smallest absolute Gasteiger partial charge is 0.321 e. The fraction of sp³-hybridized carbons (Fsp3) is 0.500. The molecule has 0 spiro atoms. The van der Waals surface area contributed by atoms with Crippen LogP contribution in [0, 0.1) is 6.92 Å². The SMILES string of the molecule is CSCC[C@@H](NS(=O)(=O)c1cc(C)c(Cl)s1)C(=O)O.